The van der Waals surface area contributed by atoms with E-state index in [1.807, 2.05) is 0 Å². The second-order valence-electron chi connectivity index (χ2n) is 3.73. The van der Waals surface area contributed by atoms with Crippen molar-refractivity contribution in [3.63, 3.8) is 0 Å². The van der Waals surface area contributed by atoms with Crippen molar-refractivity contribution in [1.29, 1.82) is 0 Å². The SMILES string of the molecule is CNc1cnccc1C(=O)Nc1cccc(Cl)c1Br. The van der Waals surface area contributed by atoms with Crippen molar-refractivity contribution in [2.45, 2.75) is 0 Å². The van der Waals surface area contributed by atoms with E-state index in [2.05, 4.69) is 31.5 Å². The summed E-state index contributed by atoms with van der Waals surface area (Å²) in [6.45, 7) is 0. The van der Waals surface area contributed by atoms with Gasteiger partial charge in [-0.2, -0.15) is 0 Å². The summed E-state index contributed by atoms with van der Waals surface area (Å²) < 4.78 is 0.657. The molecule has 1 aromatic heterocycles. The van der Waals surface area contributed by atoms with E-state index in [0.29, 0.717) is 26.4 Å². The van der Waals surface area contributed by atoms with Gasteiger partial charge in [-0.25, -0.2) is 0 Å². The second-order valence-corrected chi connectivity index (χ2v) is 4.93. The van der Waals surface area contributed by atoms with Gasteiger partial charge in [-0.1, -0.05) is 17.7 Å². The quantitative estimate of drug-likeness (QED) is 0.894. The lowest BCUT2D eigenvalue weighted by Crippen LogP contribution is -2.14. The van der Waals surface area contributed by atoms with Crippen LogP contribution < -0.4 is 10.6 Å². The number of benzene rings is 1. The topological polar surface area (TPSA) is 54.0 Å². The summed E-state index contributed by atoms with van der Waals surface area (Å²) in [6.07, 6.45) is 3.17. The highest BCUT2D eigenvalue weighted by molar-refractivity contribution is 9.10. The molecule has 0 fully saturated rings. The van der Waals surface area contributed by atoms with Crippen LogP contribution in [0.4, 0.5) is 11.4 Å². The molecule has 0 unspecified atom stereocenters. The molecule has 0 aliphatic heterocycles. The summed E-state index contributed by atoms with van der Waals surface area (Å²) in [6, 6.07) is 6.94. The zero-order valence-electron chi connectivity index (χ0n) is 10.1. The molecule has 0 aliphatic rings. The highest BCUT2D eigenvalue weighted by atomic mass is 79.9. The number of hydrogen-bond acceptors (Lipinski definition) is 3. The minimum atomic E-state index is -0.227. The van der Waals surface area contributed by atoms with Gasteiger partial charge in [0.1, 0.15) is 0 Å². The summed E-state index contributed by atoms with van der Waals surface area (Å²) in [5, 5.41) is 6.27. The molecule has 1 amide bonds. The Morgan fingerprint density at radius 2 is 2.11 bits per heavy atom. The molecule has 1 heterocycles. The molecule has 0 spiro atoms. The summed E-state index contributed by atoms with van der Waals surface area (Å²) in [4.78, 5) is 16.2. The monoisotopic (exact) mass is 339 g/mol. The first-order valence-electron chi connectivity index (χ1n) is 5.50. The zero-order valence-corrected chi connectivity index (χ0v) is 12.4. The van der Waals surface area contributed by atoms with Crippen LogP contribution in [0, 0.1) is 0 Å². The van der Waals surface area contributed by atoms with Crippen molar-refractivity contribution in [2.75, 3.05) is 17.7 Å². The normalized spacial score (nSPS) is 10.1. The Morgan fingerprint density at radius 3 is 2.84 bits per heavy atom. The van der Waals surface area contributed by atoms with Gasteiger partial charge in [0, 0.05) is 13.2 Å². The van der Waals surface area contributed by atoms with Crippen molar-refractivity contribution in [1.82, 2.24) is 4.98 Å². The average molecular weight is 341 g/mol. The number of rotatable bonds is 3. The number of aromatic nitrogens is 1. The molecular formula is C13H11BrClN3O. The van der Waals surface area contributed by atoms with Crippen molar-refractivity contribution in [3.8, 4) is 0 Å². The highest BCUT2D eigenvalue weighted by Gasteiger charge is 2.13. The van der Waals surface area contributed by atoms with Crippen LogP contribution >= 0.6 is 27.5 Å². The van der Waals surface area contributed by atoms with Gasteiger partial charge in [-0.3, -0.25) is 9.78 Å². The maximum atomic E-state index is 12.2. The van der Waals surface area contributed by atoms with Gasteiger partial charge in [0.2, 0.25) is 0 Å². The molecule has 19 heavy (non-hydrogen) atoms. The third-order valence-electron chi connectivity index (χ3n) is 2.53. The molecule has 2 rings (SSSR count). The van der Waals surface area contributed by atoms with E-state index in [0.717, 1.165) is 0 Å². The lowest BCUT2D eigenvalue weighted by atomic mass is 10.2. The van der Waals surface area contributed by atoms with E-state index < -0.39 is 0 Å². The van der Waals surface area contributed by atoms with Crippen LogP contribution in [0.5, 0.6) is 0 Å². The summed E-state index contributed by atoms with van der Waals surface area (Å²) in [7, 11) is 1.74. The van der Waals surface area contributed by atoms with Crippen LogP contribution in [-0.2, 0) is 0 Å². The predicted octanol–water partition coefficient (Wildman–Crippen LogP) is 3.79. The van der Waals surface area contributed by atoms with Gasteiger partial charge >= 0.3 is 0 Å². The molecule has 1 aromatic carbocycles. The van der Waals surface area contributed by atoms with Crippen LogP contribution in [-0.4, -0.2) is 17.9 Å². The number of carbonyl (C=O) groups is 1. The maximum Gasteiger partial charge on any atom is 0.257 e. The van der Waals surface area contributed by atoms with Crippen molar-refractivity contribution >= 4 is 44.8 Å². The smallest absolute Gasteiger partial charge is 0.257 e. The Balaban J connectivity index is 2.28. The number of nitrogens with zero attached hydrogens (tertiary/aromatic N) is 1. The maximum absolute atomic E-state index is 12.2. The molecule has 6 heteroatoms. The molecular weight excluding hydrogens is 330 g/mol. The Hall–Kier alpha value is -1.59. The number of halogens is 2. The minimum Gasteiger partial charge on any atom is -0.386 e. The van der Waals surface area contributed by atoms with Crippen LogP contribution in [0.25, 0.3) is 0 Å². The van der Waals surface area contributed by atoms with Gasteiger partial charge in [0.05, 0.1) is 32.6 Å². The fourth-order valence-electron chi connectivity index (χ4n) is 1.58. The molecule has 2 aromatic rings. The Labute approximate surface area is 124 Å². The number of hydrogen-bond donors (Lipinski definition) is 2. The third-order valence-corrected chi connectivity index (χ3v) is 3.93. The molecule has 98 valence electrons. The largest absolute Gasteiger partial charge is 0.386 e. The molecule has 0 saturated heterocycles. The fourth-order valence-corrected chi connectivity index (χ4v) is 2.12. The van der Waals surface area contributed by atoms with Crippen molar-refractivity contribution in [3.05, 3.63) is 51.7 Å². The second kappa shape index (κ2) is 6.04. The zero-order chi connectivity index (χ0) is 13.8. The molecule has 2 N–H and O–H groups in total. The summed E-state index contributed by atoms with van der Waals surface area (Å²) in [5.41, 5.74) is 1.80. The van der Waals surface area contributed by atoms with Crippen LogP contribution in [0.3, 0.4) is 0 Å². The summed E-state index contributed by atoms with van der Waals surface area (Å²) >= 11 is 9.32. The van der Waals surface area contributed by atoms with E-state index >= 15 is 0 Å². The summed E-state index contributed by atoms with van der Waals surface area (Å²) in [5.74, 6) is -0.227. The minimum absolute atomic E-state index is 0.227. The number of nitrogens with one attached hydrogen (secondary N) is 2. The molecule has 0 saturated carbocycles. The van der Waals surface area contributed by atoms with Gasteiger partial charge in [-0.05, 0) is 34.1 Å². The third kappa shape index (κ3) is 3.05. The van der Waals surface area contributed by atoms with Gasteiger partial charge < -0.3 is 10.6 Å². The number of anilines is 2. The van der Waals surface area contributed by atoms with E-state index in [1.54, 1.807) is 43.7 Å². The Morgan fingerprint density at radius 1 is 1.32 bits per heavy atom. The van der Waals surface area contributed by atoms with Gasteiger partial charge in [0.15, 0.2) is 0 Å². The van der Waals surface area contributed by atoms with E-state index in [-0.39, 0.29) is 5.91 Å². The first kappa shape index (κ1) is 13.8. The number of amides is 1. The number of carbonyl (C=O) groups excluding carboxylic acids is 1. The molecule has 0 radical (unpaired) electrons. The Kier molecular flexibility index (Phi) is 4.39. The predicted molar refractivity (Wildman–Crippen MR) is 80.9 cm³/mol. The van der Waals surface area contributed by atoms with Crippen molar-refractivity contribution < 1.29 is 4.79 Å². The molecule has 0 atom stereocenters. The van der Waals surface area contributed by atoms with Gasteiger partial charge in [-0.15, -0.1) is 0 Å². The van der Waals surface area contributed by atoms with E-state index in [9.17, 15) is 4.79 Å². The Bertz CT molecular complexity index is 619. The lowest BCUT2D eigenvalue weighted by Gasteiger charge is -2.11. The molecule has 4 nitrogen and oxygen atoms in total. The standard InChI is InChI=1S/C13H11BrClN3O/c1-16-11-7-17-6-5-8(11)13(19)18-10-4-2-3-9(15)12(10)14/h2-7,16H,1H3,(H,18,19). The van der Waals surface area contributed by atoms with Crippen LogP contribution in [0.15, 0.2) is 41.1 Å². The molecule has 0 bridgehead atoms. The number of pyridine rings is 1. The average Bonchev–Trinajstić information content (AvgIpc) is 2.43. The molecule has 0 aliphatic carbocycles. The van der Waals surface area contributed by atoms with Crippen LogP contribution in [0.1, 0.15) is 10.4 Å². The van der Waals surface area contributed by atoms with E-state index in [4.69, 9.17) is 11.6 Å². The van der Waals surface area contributed by atoms with E-state index in [1.165, 1.54) is 0 Å². The lowest BCUT2D eigenvalue weighted by molar-refractivity contribution is 0.102. The van der Waals surface area contributed by atoms with Crippen LogP contribution in [0.2, 0.25) is 5.02 Å². The first-order valence-corrected chi connectivity index (χ1v) is 6.67. The van der Waals surface area contributed by atoms with Gasteiger partial charge in [0.25, 0.3) is 5.91 Å². The fraction of sp³-hybridized carbons (Fsp3) is 0.0769. The highest BCUT2D eigenvalue weighted by Crippen LogP contribution is 2.30. The van der Waals surface area contributed by atoms with Crippen molar-refractivity contribution in [2.24, 2.45) is 0 Å². The first-order chi connectivity index (χ1) is 9.13.